The highest BCUT2D eigenvalue weighted by Crippen LogP contribution is 2.26. The average Bonchev–Trinajstić information content (AvgIpc) is 2.91. The van der Waals surface area contributed by atoms with Crippen LogP contribution in [0.15, 0.2) is 66.7 Å². The van der Waals surface area contributed by atoms with Crippen LogP contribution in [0.5, 0.6) is 0 Å². The minimum Gasteiger partial charge on any atom is -0.317 e. The molecule has 0 bridgehead atoms. The lowest BCUT2D eigenvalue weighted by molar-refractivity contribution is 0.199. The second-order valence-corrected chi connectivity index (χ2v) is 10.9. The highest BCUT2D eigenvalue weighted by atomic mass is 19.1. The number of hydrogen-bond acceptors (Lipinski definition) is 4. The Morgan fingerprint density at radius 2 is 1.62 bits per heavy atom. The predicted octanol–water partition coefficient (Wildman–Crippen LogP) is 5.12. The Kier molecular flexibility index (Phi) is 9.01. The molecule has 2 saturated heterocycles. The SMILES string of the molecule is C[C@H]1CN(Cc2cccc(-c3cc(CNCc4cccc(CC5CCNCC5)c4)ccc3F)c2)CCN1. The summed E-state index contributed by atoms with van der Waals surface area (Å²) in [5.41, 5.74) is 6.71. The van der Waals surface area contributed by atoms with Crippen molar-refractivity contribution in [3.8, 4) is 11.1 Å². The van der Waals surface area contributed by atoms with E-state index in [-0.39, 0.29) is 5.82 Å². The average molecular weight is 501 g/mol. The molecular formula is C32H41FN4. The van der Waals surface area contributed by atoms with Crippen LogP contribution in [0.1, 0.15) is 42.0 Å². The zero-order valence-electron chi connectivity index (χ0n) is 22.1. The van der Waals surface area contributed by atoms with Crippen molar-refractivity contribution in [2.45, 2.75) is 51.9 Å². The van der Waals surface area contributed by atoms with Crippen molar-refractivity contribution in [2.24, 2.45) is 5.92 Å². The topological polar surface area (TPSA) is 39.3 Å². The predicted molar refractivity (Wildman–Crippen MR) is 151 cm³/mol. The Morgan fingerprint density at radius 3 is 2.46 bits per heavy atom. The van der Waals surface area contributed by atoms with Crippen LogP contribution in [0, 0.1) is 11.7 Å². The monoisotopic (exact) mass is 500 g/mol. The molecule has 2 aliphatic rings. The van der Waals surface area contributed by atoms with Gasteiger partial charge < -0.3 is 16.0 Å². The fraction of sp³-hybridized carbons (Fsp3) is 0.438. The minimum absolute atomic E-state index is 0.165. The van der Waals surface area contributed by atoms with E-state index >= 15 is 0 Å². The molecule has 0 spiro atoms. The second kappa shape index (κ2) is 12.8. The van der Waals surface area contributed by atoms with Crippen LogP contribution < -0.4 is 16.0 Å². The Balaban J connectivity index is 1.19. The summed E-state index contributed by atoms with van der Waals surface area (Å²) in [5, 5.41) is 10.5. The zero-order chi connectivity index (χ0) is 25.5. The van der Waals surface area contributed by atoms with Crippen molar-refractivity contribution >= 4 is 0 Å². The summed E-state index contributed by atoms with van der Waals surface area (Å²) >= 11 is 0. The van der Waals surface area contributed by atoms with Crippen molar-refractivity contribution in [1.29, 1.82) is 0 Å². The van der Waals surface area contributed by atoms with Crippen molar-refractivity contribution in [2.75, 3.05) is 32.7 Å². The number of rotatable bonds is 9. The second-order valence-electron chi connectivity index (χ2n) is 10.9. The molecule has 4 nitrogen and oxygen atoms in total. The number of benzene rings is 3. The number of piperidine rings is 1. The van der Waals surface area contributed by atoms with Crippen molar-refractivity contribution in [3.05, 3.63) is 94.8 Å². The fourth-order valence-electron chi connectivity index (χ4n) is 5.79. The summed E-state index contributed by atoms with van der Waals surface area (Å²) in [6, 6.07) is 23.4. The Bertz CT molecular complexity index is 1160. The van der Waals surface area contributed by atoms with Crippen LogP contribution in [0.4, 0.5) is 4.39 Å². The van der Waals surface area contributed by atoms with Gasteiger partial charge in [-0.25, -0.2) is 4.39 Å². The molecule has 0 amide bonds. The van der Waals surface area contributed by atoms with Gasteiger partial charge in [-0.1, -0.05) is 48.5 Å². The van der Waals surface area contributed by atoms with Crippen LogP contribution >= 0.6 is 0 Å². The molecule has 3 aromatic carbocycles. The maximum Gasteiger partial charge on any atom is 0.131 e. The van der Waals surface area contributed by atoms with E-state index in [1.165, 1.54) is 36.0 Å². The van der Waals surface area contributed by atoms with Gasteiger partial charge in [0.1, 0.15) is 5.82 Å². The van der Waals surface area contributed by atoms with Crippen molar-refractivity contribution in [3.63, 3.8) is 0 Å². The molecule has 196 valence electrons. The molecule has 5 heteroatoms. The molecular weight excluding hydrogens is 459 g/mol. The first-order valence-corrected chi connectivity index (χ1v) is 13.9. The third-order valence-electron chi connectivity index (χ3n) is 7.76. The Labute approximate surface area is 221 Å². The summed E-state index contributed by atoms with van der Waals surface area (Å²) in [5.74, 6) is 0.628. The van der Waals surface area contributed by atoms with E-state index in [4.69, 9.17) is 0 Å². The Hall–Kier alpha value is -2.57. The third kappa shape index (κ3) is 7.48. The van der Waals surface area contributed by atoms with E-state index in [0.717, 1.165) is 62.9 Å². The molecule has 0 aliphatic carbocycles. The number of nitrogens with zero attached hydrogens (tertiary/aromatic N) is 1. The molecule has 2 heterocycles. The summed E-state index contributed by atoms with van der Waals surface area (Å²) in [4.78, 5) is 2.47. The molecule has 1 atom stereocenters. The van der Waals surface area contributed by atoms with Crippen LogP contribution in [-0.2, 0) is 26.1 Å². The molecule has 3 N–H and O–H groups in total. The first-order chi connectivity index (χ1) is 18.1. The van der Waals surface area contributed by atoms with Gasteiger partial charge >= 0.3 is 0 Å². The molecule has 2 fully saturated rings. The summed E-state index contributed by atoms with van der Waals surface area (Å²) in [7, 11) is 0. The first kappa shape index (κ1) is 26.1. The zero-order valence-corrected chi connectivity index (χ0v) is 22.1. The lowest BCUT2D eigenvalue weighted by atomic mass is 9.90. The van der Waals surface area contributed by atoms with Crippen molar-refractivity contribution in [1.82, 2.24) is 20.9 Å². The van der Waals surface area contributed by atoms with Gasteiger partial charge in [-0.3, -0.25) is 4.90 Å². The maximum atomic E-state index is 14.9. The number of piperazine rings is 1. The highest BCUT2D eigenvalue weighted by Gasteiger charge is 2.16. The van der Waals surface area contributed by atoms with E-state index in [2.05, 4.69) is 70.2 Å². The van der Waals surface area contributed by atoms with Gasteiger partial charge in [0.25, 0.3) is 0 Å². The molecule has 37 heavy (non-hydrogen) atoms. The quantitative estimate of drug-likeness (QED) is 0.382. The van der Waals surface area contributed by atoms with E-state index in [1.54, 1.807) is 6.07 Å². The van der Waals surface area contributed by atoms with Crippen LogP contribution in [0.3, 0.4) is 0 Å². The number of halogens is 1. The van der Waals surface area contributed by atoms with Crippen LogP contribution in [0.2, 0.25) is 0 Å². The normalized spacial score (nSPS) is 19.2. The van der Waals surface area contributed by atoms with Gasteiger partial charge in [0, 0.05) is 50.9 Å². The largest absolute Gasteiger partial charge is 0.317 e. The van der Waals surface area contributed by atoms with Gasteiger partial charge in [-0.05, 0) is 91.2 Å². The maximum absolute atomic E-state index is 14.9. The molecule has 0 aromatic heterocycles. The summed E-state index contributed by atoms with van der Waals surface area (Å²) in [6.45, 7) is 10.0. The molecule has 0 unspecified atom stereocenters. The highest BCUT2D eigenvalue weighted by molar-refractivity contribution is 5.65. The lowest BCUT2D eigenvalue weighted by Gasteiger charge is -2.31. The van der Waals surface area contributed by atoms with E-state index in [0.29, 0.717) is 18.2 Å². The standard InChI is InChI=1S/C32H41FN4/c1-24-22-37(15-14-36-24)23-29-6-3-7-30(18-29)31-19-28(8-9-32(31)33)21-35-20-27-5-2-4-26(17-27)16-25-10-12-34-13-11-25/h2-9,17-19,24-25,34-36H,10-16,20-23H2,1H3/t24-/m0/s1. The van der Waals surface area contributed by atoms with E-state index < -0.39 is 0 Å². The number of hydrogen-bond donors (Lipinski definition) is 3. The van der Waals surface area contributed by atoms with Gasteiger partial charge in [0.05, 0.1) is 0 Å². The minimum atomic E-state index is -0.165. The smallest absolute Gasteiger partial charge is 0.131 e. The van der Waals surface area contributed by atoms with E-state index in [1.807, 2.05) is 18.2 Å². The van der Waals surface area contributed by atoms with E-state index in [9.17, 15) is 4.39 Å². The van der Waals surface area contributed by atoms with Gasteiger partial charge in [-0.2, -0.15) is 0 Å². The van der Waals surface area contributed by atoms with Gasteiger partial charge in [-0.15, -0.1) is 0 Å². The molecule has 5 rings (SSSR count). The molecule has 0 saturated carbocycles. The van der Waals surface area contributed by atoms with Gasteiger partial charge in [0.15, 0.2) is 0 Å². The lowest BCUT2D eigenvalue weighted by Crippen LogP contribution is -2.48. The van der Waals surface area contributed by atoms with Crippen LogP contribution in [-0.4, -0.2) is 43.7 Å². The van der Waals surface area contributed by atoms with Gasteiger partial charge in [0.2, 0.25) is 0 Å². The summed E-state index contributed by atoms with van der Waals surface area (Å²) in [6.07, 6.45) is 3.71. The number of nitrogens with one attached hydrogen (secondary N) is 3. The third-order valence-corrected chi connectivity index (χ3v) is 7.76. The first-order valence-electron chi connectivity index (χ1n) is 13.9. The van der Waals surface area contributed by atoms with Crippen LogP contribution in [0.25, 0.3) is 11.1 Å². The Morgan fingerprint density at radius 1 is 0.865 bits per heavy atom. The summed E-state index contributed by atoms with van der Waals surface area (Å²) < 4.78 is 14.9. The fourth-order valence-corrected chi connectivity index (χ4v) is 5.79. The molecule has 2 aliphatic heterocycles. The molecule has 3 aromatic rings. The molecule has 0 radical (unpaired) electrons. The van der Waals surface area contributed by atoms with Crippen molar-refractivity contribution < 1.29 is 4.39 Å².